The molecule has 2 heterocycles. The Balaban J connectivity index is 1.51. The number of fused-ring (bicyclic) bond motifs is 1. The molecule has 30 heavy (non-hydrogen) atoms. The molecule has 1 aliphatic rings. The number of amides is 4. The standard InChI is InChI=1S/C22H30N4O4/c1-3-14(2)19(13-27)24-20(28)9-8-18-21(29)26(22(30)25-18)11-10-15-12-23-17-7-5-4-6-16(15)17/h4-7,12,14,18-19,23,27H,3,8-11,13H2,1-2H3,(H,24,28)(H,25,30)/t14-,18-,19-/m0/s1. The van der Waals surface area contributed by atoms with E-state index in [0.29, 0.717) is 6.42 Å². The number of aromatic amines is 1. The topological polar surface area (TPSA) is 115 Å². The van der Waals surface area contributed by atoms with E-state index in [-0.39, 0.29) is 49.8 Å². The number of rotatable bonds is 10. The highest BCUT2D eigenvalue weighted by molar-refractivity contribution is 6.04. The Labute approximate surface area is 176 Å². The molecule has 162 valence electrons. The second kappa shape index (κ2) is 9.75. The molecule has 2 aromatic rings. The van der Waals surface area contributed by atoms with Crippen molar-refractivity contribution in [2.75, 3.05) is 13.2 Å². The summed E-state index contributed by atoms with van der Waals surface area (Å²) in [4.78, 5) is 41.5. The number of nitrogens with one attached hydrogen (secondary N) is 3. The molecule has 8 heteroatoms. The van der Waals surface area contributed by atoms with Crippen LogP contribution in [0.4, 0.5) is 4.79 Å². The molecule has 0 radical (unpaired) electrons. The summed E-state index contributed by atoms with van der Waals surface area (Å²) in [5, 5.41) is 16.0. The molecule has 3 atom stereocenters. The van der Waals surface area contributed by atoms with Crippen LogP contribution in [-0.4, -0.2) is 58.1 Å². The molecule has 1 saturated heterocycles. The van der Waals surface area contributed by atoms with Crippen molar-refractivity contribution in [3.63, 3.8) is 0 Å². The number of benzene rings is 1. The highest BCUT2D eigenvalue weighted by atomic mass is 16.3. The van der Waals surface area contributed by atoms with E-state index < -0.39 is 12.1 Å². The van der Waals surface area contributed by atoms with Crippen LogP contribution in [0, 0.1) is 5.92 Å². The van der Waals surface area contributed by atoms with Crippen LogP contribution in [0.15, 0.2) is 30.5 Å². The molecule has 0 spiro atoms. The minimum atomic E-state index is -0.692. The third kappa shape index (κ3) is 4.81. The van der Waals surface area contributed by atoms with Gasteiger partial charge in [-0.05, 0) is 30.4 Å². The minimum absolute atomic E-state index is 0.111. The van der Waals surface area contributed by atoms with Crippen LogP contribution in [-0.2, 0) is 16.0 Å². The molecule has 4 amide bonds. The van der Waals surface area contributed by atoms with E-state index in [9.17, 15) is 19.5 Å². The van der Waals surface area contributed by atoms with Crippen LogP contribution in [0.3, 0.4) is 0 Å². The maximum absolute atomic E-state index is 12.6. The van der Waals surface area contributed by atoms with Gasteiger partial charge in [-0.1, -0.05) is 38.5 Å². The Hall–Kier alpha value is -2.87. The predicted molar refractivity (Wildman–Crippen MR) is 114 cm³/mol. The van der Waals surface area contributed by atoms with E-state index in [1.165, 1.54) is 4.90 Å². The van der Waals surface area contributed by atoms with Crippen LogP contribution < -0.4 is 10.6 Å². The average molecular weight is 415 g/mol. The first-order valence-corrected chi connectivity index (χ1v) is 10.5. The van der Waals surface area contributed by atoms with Gasteiger partial charge in [-0.3, -0.25) is 14.5 Å². The number of aromatic nitrogens is 1. The zero-order valence-corrected chi connectivity index (χ0v) is 17.5. The summed E-state index contributed by atoms with van der Waals surface area (Å²) < 4.78 is 0. The molecule has 0 unspecified atom stereocenters. The van der Waals surface area contributed by atoms with E-state index >= 15 is 0 Å². The summed E-state index contributed by atoms with van der Waals surface area (Å²) in [6.45, 7) is 4.13. The number of para-hydroxylation sites is 1. The van der Waals surface area contributed by atoms with Crippen molar-refractivity contribution in [2.24, 2.45) is 5.92 Å². The number of carbonyl (C=O) groups is 3. The smallest absolute Gasteiger partial charge is 0.324 e. The van der Waals surface area contributed by atoms with Gasteiger partial charge in [0.2, 0.25) is 5.91 Å². The van der Waals surface area contributed by atoms with Gasteiger partial charge in [0.25, 0.3) is 5.91 Å². The normalized spacial score (nSPS) is 18.5. The van der Waals surface area contributed by atoms with Crippen LogP contribution in [0.25, 0.3) is 10.9 Å². The molecule has 1 aromatic carbocycles. The first-order valence-electron chi connectivity index (χ1n) is 10.5. The Morgan fingerprint density at radius 2 is 2.07 bits per heavy atom. The highest BCUT2D eigenvalue weighted by Gasteiger charge is 2.37. The molecule has 0 saturated carbocycles. The largest absolute Gasteiger partial charge is 0.394 e. The number of imide groups is 1. The second-order valence-electron chi connectivity index (χ2n) is 7.88. The second-order valence-corrected chi connectivity index (χ2v) is 7.88. The number of hydrogen-bond acceptors (Lipinski definition) is 4. The fourth-order valence-electron chi connectivity index (χ4n) is 3.76. The number of hydrogen-bond donors (Lipinski definition) is 4. The van der Waals surface area contributed by atoms with E-state index in [4.69, 9.17) is 0 Å². The van der Waals surface area contributed by atoms with Crippen molar-refractivity contribution < 1.29 is 19.5 Å². The van der Waals surface area contributed by atoms with Crippen molar-refractivity contribution in [3.8, 4) is 0 Å². The van der Waals surface area contributed by atoms with Crippen LogP contribution >= 0.6 is 0 Å². The molecule has 3 rings (SSSR count). The molecule has 8 nitrogen and oxygen atoms in total. The van der Waals surface area contributed by atoms with Crippen molar-refractivity contribution in [1.29, 1.82) is 0 Å². The summed E-state index contributed by atoms with van der Waals surface area (Å²) >= 11 is 0. The van der Waals surface area contributed by atoms with Gasteiger partial charge in [-0.25, -0.2) is 4.79 Å². The van der Waals surface area contributed by atoms with Crippen molar-refractivity contribution in [3.05, 3.63) is 36.0 Å². The monoisotopic (exact) mass is 414 g/mol. The number of urea groups is 1. The van der Waals surface area contributed by atoms with Crippen molar-refractivity contribution >= 4 is 28.7 Å². The van der Waals surface area contributed by atoms with E-state index in [2.05, 4.69) is 15.6 Å². The molecular weight excluding hydrogens is 384 g/mol. The Bertz CT molecular complexity index is 909. The summed E-state index contributed by atoms with van der Waals surface area (Å²) in [5.41, 5.74) is 2.07. The van der Waals surface area contributed by atoms with Crippen LogP contribution in [0.5, 0.6) is 0 Å². The first-order chi connectivity index (χ1) is 14.4. The van der Waals surface area contributed by atoms with Crippen LogP contribution in [0.1, 0.15) is 38.7 Å². The Morgan fingerprint density at radius 1 is 1.30 bits per heavy atom. The van der Waals surface area contributed by atoms with Crippen LogP contribution in [0.2, 0.25) is 0 Å². The number of aliphatic hydroxyl groups excluding tert-OH is 1. The summed E-state index contributed by atoms with van der Waals surface area (Å²) in [6.07, 6.45) is 3.65. The fourth-order valence-corrected chi connectivity index (χ4v) is 3.76. The molecule has 0 bridgehead atoms. The van der Waals surface area contributed by atoms with Crippen molar-refractivity contribution in [1.82, 2.24) is 20.5 Å². The summed E-state index contributed by atoms with van der Waals surface area (Å²) in [5.74, 6) is -0.367. The van der Waals surface area contributed by atoms with E-state index in [0.717, 1.165) is 22.9 Å². The average Bonchev–Trinajstić information content (AvgIpc) is 3.28. The maximum atomic E-state index is 12.6. The van der Waals surface area contributed by atoms with Crippen molar-refractivity contribution in [2.45, 2.75) is 51.6 Å². The third-order valence-electron chi connectivity index (χ3n) is 5.92. The number of carbonyl (C=O) groups excluding carboxylic acids is 3. The lowest BCUT2D eigenvalue weighted by atomic mass is 9.99. The van der Waals surface area contributed by atoms with E-state index in [1.54, 1.807) is 0 Å². The first kappa shape index (κ1) is 21.8. The number of H-pyrrole nitrogens is 1. The fraction of sp³-hybridized carbons (Fsp3) is 0.500. The number of nitrogens with zero attached hydrogens (tertiary/aromatic N) is 1. The van der Waals surface area contributed by atoms with Gasteiger partial charge in [0.15, 0.2) is 0 Å². The molecular formula is C22H30N4O4. The maximum Gasteiger partial charge on any atom is 0.324 e. The Morgan fingerprint density at radius 3 is 2.80 bits per heavy atom. The van der Waals surface area contributed by atoms with Gasteiger partial charge < -0.3 is 20.7 Å². The quantitative estimate of drug-likeness (QED) is 0.445. The van der Waals surface area contributed by atoms with Gasteiger partial charge in [0, 0.05) is 30.1 Å². The Kier molecular flexibility index (Phi) is 7.10. The molecule has 1 aromatic heterocycles. The predicted octanol–water partition coefficient (Wildman–Crippen LogP) is 1.93. The minimum Gasteiger partial charge on any atom is -0.394 e. The molecule has 4 N–H and O–H groups in total. The zero-order chi connectivity index (χ0) is 21.7. The van der Waals surface area contributed by atoms with Gasteiger partial charge >= 0.3 is 6.03 Å². The number of aliphatic hydroxyl groups is 1. The van der Waals surface area contributed by atoms with E-state index in [1.807, 2.05) is 44.3 Å². The van der Waals surface area contributed by atoms with Gasteiger partial charge in [0.1, 0.15) is 6.04 Å². The molecule has 1 aliphatic heterocycles. The lowest BCUT2D eigenvalue weighted by Crippen LogP contribution is -2.42. The zero-order valence-electron chi connectivity index (χ0n) is 17.5. The van der Waals surface area contributed by atoms with Gasteiger partial charge in [-0.2, -0.15) is 0 Å². The lowest BCUT2D eigenvalue weighted by molar-refractivity contribution is -0.127. The summed E-state index contributed by atoms with van der Waals surface area (Å²) in [6, 6.07) is 6.48. The summed E-state index contributed by atoms with van der Waals surface area (Å²) in [7, 11) is 0. The van der Waals surface area contributed by atoms with Gasteiger partial charge in [-0.15, -0.1) is 0 Å². The highest BCUT2D eigenvalue weighted by Crippen LogP contribution is 2.19. The SMILES string of the molecule is CC[C@H](C)[C@H](CO)NC(=O)CC[C@@H]1NC(=O)N(CCc2c[nH]c3ccccc23)C1=O. The third-order valence-corrected chi connectivity index (χ3v) is 5.92. The lowest BCUT2D eigenvalue weighted by Gasteiger charge is -2.22. The molecule has 1 fully saturated rings. The van der Waals surface area contributed by atoms with Gasteiger partial charge in [0.05, 0.1) is 12.6 Å². The molecule has 0 aliphatic carbocycles.